The number of halogens is 1. The fourth-order valence-corrected chi connectivity index (χ4v) is 3.35. The predicted octanol–water partition coefficient (Wildman–Crippen LogP) is 1.92. The van der Waals surface area contributed by atoms with Gasteiger partial charge in [0.25, 0.3) is 10.0 Å². The van der Waals surface area contributed by atoms with Crippen LogP contribution in [-0.4, -0.2) is 30.6 Å². The minimum atomic E-state index is -3.48. The van der Waals surface area contributed by atoms with Gasteiger partial charge in [-0.2, -0.15) is 0 Å². The zero-order valence-electron chi connectivity index (χ0n) is 8.59. The molecule has 0 amide bonds. The van der Waals surface area contributed by atoms with Crippen LogP contribution < -0.4 is 0 Å². The van der Waals surface area contributed by atoms with Crippen molar-refractivity contribution in [2.24, 2.45) is 4.99 Å². The monoisotopic (exact) mass is 303 g/mol. The molecule has 86 valence electrons. The summed E-state index contributed by atoms with van der Waals surface area (Å²) in [6.45, 7) is 2.34. The molecule has 0 radical (unpaired) electrons. The van der Waals surface area contributed by atoms with Gasteiger partial charge in [-0.3, -0.25) is 4.31 Å². The molecule has 5 nitrogen and oxygen atoms in total. The van der Waals surface area contributed by atoms with Crippen molar-refractivity contribution in [3.63, 3.8) is 0 Å². The summed E-state index contributed by atoms with van der Waals surface area (Å²) >= 11 is 3.20. The van der Waals surface area contributed by atoms with Crippen molar-refractivity contribution in [3.8, 4) is 0 Å². The maximum Gasteiger partial charge on any atom is 0.268 e. The maximum absolute atomic E-state index is 12.1. The summed E-state index contributed by atoms with van der Waals surface area (Å²) in [6.07, 6.45) is 3.59. The van der Waals surface area contributed by atoms with Crippen molar-refractivity contribution in [2.45, 2.75) is 18.2 Å². The summed E-state index contributed by atoms with van der Waals surface area (Å²) in [5.74, 6) is 0.246. The predicted molar refractivity (Wildman–Crippen MR) is 64.3 cm³/mol. The summed E-state index contributed by atoms with van der Waals surface area (Å²) in [7, 11) is -3.48. The lowest BCUT2D eigenvalue weighted by atomic mass is 10.4. The van der Waals surface area contributed by atoms with Gasteiger partial charge >= 0.3 is 0 Å². The number of aliphatic imine (C=N–C) groups is 1. The molecule has 2 rings (SSSR count). The summed E-state index contributed by atoms with van der Waals surface area (Å²) in [5, 5.41) is 0. The Morgan fingerprint density at radius 2 is 2.25 bits per heavy atom. The second-order valence-electron chi connectivity index (χ2n) is 3.34. The van der Waals surface area contributed by atoms with Crippen LogP contribution in [-0.2, 0) is 10.0 Å². The number of pyridine rings is 1. The average molecular weight is 304 g/mol. The van der Waals surface area contributed by atoms with Crippen LogP contribution in [0.15, 0.2) is 26.6 Å². The highest BCUT2D eigenvalue weighted by molar-refractivity contribution is 9.10. The number of nitrogens with zero attached hydrogens (tertiary/aromatic N) is 3. The molecular weight excluding hydrogens is 294 g/mol. The molecule has 1 aliphatic rings. The fourth-order valence-electron chi connectivity index (χ4n) is 1.41. The van der Waals surface area contributed by atoms with Gasteiger partial charge in [0.15, 0.2) is 5.82 Å². The van der Waals surface area contributed by atoms with E-state index in [9.17, 15) is 8.42 Å². The van der Waals surface area contributed by atoms with Crippen LogP contribution in [0.4, 0.5) is 5.82 Å². The van der Waals surface area contributed by atoms with E-state index in [1.807, 2.05) is 6.92 Å². The van der Waals surface area contributed by atoms with Crippen LogP contribution in [0.25, 0.3) is 0 Å². The highest BCUT2D eigenvalue weighted by Gasteiger charge is 2.29. The molecule has 16 heavy (non-hydrogen) atoms. The van der Waals surface area contributed by atoms with Crippen LogP contribution in [0, 0.1) is 0 Å². The number of aromatic nitrogens is 1. The molecule has 0 saturated carbocycles. The summed E-state index contributed by atoms with van der Waals surface area (Å²) in [4.78, 5) is 8.13. The summed E-state index contributed by atoms with van der Waals surface area (Å²) < 4.78 is 26.1. The highest BCUT2D eigenvalue weighted by atomic mass is 79.9. The Balaban J connectivity index is 2.56. The minimum absolute atomic E-state index is 0.151. The third-order valence-corrected chi connectivity index (χ3v) is 4.32. The number of hydrogen-bond donors (Lipinski definition) is 0. The molecule has 1 aliphatic heterocycles. The third-order valence-electron chi connectivity index (χ3n) is 2.14. The third kappa shape index (κ3) is 1.84. The van der Waals surface area contributed by atoms with Crippen LogP contribution >= 0.6 is 15.9 Å². The molecule has 0 saturated heterocycles. The highest BCUT2D eigenvalue weighted by Crippen LogP contribution is 2.30. The summed E-state index contributed by atoms with van der Waals surface area (Å²) in [6, 6.07) is 1.52. The van der Waals surface area contributed by atoms with Crippen LogP contribution in [0.5, 0.6) is 0 Å². The van der Waals surface area contributed by atoms with Crippen LogP contribution in [0.1, 0.15) is 13.3 Å². The van der Waals surface area contributed by atoms with Crippen molar-refractivity contribution in [1.29, 1.82) is 0 Å². The molecule has 0 unspecified atom stereocenters. The minimum Gasteiger partial charge on any atom is -0.256 e. The standard InChI is InChI=1S/C9H10BrN3O2S/c1-2-3-13-6-12-9-8(16(13,14)15)4-7(10)5-11-9/h4-6H,2-3H2,1H3. The second kappa shape index (κ2) is 4.14. The Kier molecular flexibility index (Phi) is 2.98. The van der Waals surface area contributed by atoms with Crippen LogP contribution in [0.3, 0.4) is 0 Å². The number of rotatable bonds is 2. The van der Waals surface area contributed by atoms with Crippen molar-refractivity contribution in [2.75, 3.05) is 6.54 Å². The lowest BCUT2D eigenvalue weighted by Crippen LogP contribution is -2.32. The zero-order valence-corrected chi connectivity index (χ0v) is 11.0. The molecule has 0 atom stereocenters. The average Bonchev–Trinajstić information content (AvgIpc) is 2.24. The molecule has 1 aromatic heterocycles. The van der Waals surface area contributed by atoms with E-state index >= 15 is 0 Å². The Bertz CT molecular complexity index is 542. The van der Waals surface area contributed by atoms with Gasteiger partial charge in [-0.05, 0) is 28.4 Å². The first-order valence-corrected chi connectivity index (χ1v) is 7.00. The first kappa shape index (κ1) is 11.5. The lowest BCUT2D eigenvalue weighted by Gasteiger charge is -2.22. The molecule has 0 bridgehead atoms. The first-order chi connectivity index (χ1) is 7.55. The zero-order chi connectivity index (χ0) is 11.8. The molecule has 2 heterocycles. The van der Waals surface area contributed by atoms with E-state index in [1.54, 1.807) is 0 Å². The quantitative estimate of drug-likeness (QED) is 0.838. The normalized spacial score (nSPS) is 17.2. The molecule has 0 aromatic carbocycles. The smallest absolute Gasteiger partial charge is 0.256 e. The molecule has 0 spiro atoms. The van der Waals surface area contributed by atoms with Gasteiger partial charge in [0.05, 0.1) is 0 Å². The Morgan fingerprint density at radius 1 is 1.50 bits per heavy atom. The van der Waals surface area contributed by atoms with E-state index in [0.717, 1.165) is 6.42 Å². The van der Waals surface area contributed by atoms with Crippen molar-refractivity contribution in [1.82, 2.24) is 9.29 Å². The largest absolute Gasteiger partial charge is 0.268 e. The van der Waals surface area contributed by atoms with Gasteiger partial charge in [0.2, 0.25) is 0 Å². The second-order valence-corrected chi connectivity index (χ2v) is 6.11. The topological polar surface area (TPSA) is 62.6 Å². The van der Waals surface area contributed by atoms with Gasteiger partial charge in [0.1, 0.15) is 11.2 Å². The SMILES string of the molecule is CCCN1C=Nc2ncc(Br)cc2S1(=O)=O. The van der Waals surface area contributed by atoms with Gasteiger partial charge in [-0.1, -0.05) is 6.92 Å². The lowest BCUT2D eigenvalue weighted by molar-refractivity contribution is 0.520. The number of fused-ring (bicyclic) bond motifs is 1. The van der Waals surface area contributed by atoms with E-state index in [1.165, 1.54) is 22.9 Å². The number of sulfonamides is 1. The van der Waals surface area contributed by atoms with E-state index in [-0.39, 0.29) is 10.7 Å². The van der Waals surface area contributed by atoms with Crippen LogP contribution in [0.2, 0.25) is 0 Å². The van der Waals surface area contributed by atoms with Crippen molar-refractivity contribution >= 4 is 38.1 Å². The maximum atomic E-state index is 12.1. The molecule has 0 fully saturated rings. The number of hydrogen-bond acceptors (Lipinski definition) is 4. The molecule has 0 N–H and O–H groups in total. The Labute approximate surface area is 102 Å². The van der Waals surface area contributed by atoms with Gasteiger partial charge in [-0.15, -0.1) is 0 Å². The molecule has 1 aromatic rings. The molecule has 0 aliphatic carbocycles. The van der Waals surface area contributed by atoms with Gasteiger partial charge in [-0.25, -0.2) is 18.4 Å². The Hall–Kier alpha value is -0.950. The first-order valence-electron chi connectivity index (χ1n) is 4.77. The summed E-state index contributed by atoms with van der Waals surface area (Å²) in [5.41, 5.74) is 0. The molecule has 7 heteroatoms. The molecular formula is C9H10BrN3O2S. The van der Waals surface area contributed by atoms with Gasteiger partial charge < -0.3 is 0 Å². The van der Waals surface area contributed by atoms with E-state index in [4.69, 9.17) is 0 Å². The Morgan fingerprint density at radius 3 is 2.94 bits per heavy atom. The van der Waals surface area contributed by atoms with E-state index < -0.39 is 10.0 Å². The van der Waals surface area contributed by atoms with E-state index in [0.29, 0.717) is 11.0 Å². The van der Waals surface area contributed by atoms with Crippen molar-refractivity contribution < 1.29 is 8.42 Å². The van der Waals surface area contributed by atoms with E-state index in [2.05, 4.69) is 25.9 Å². The van der Waals surface area contributed by atoms with Gasteiger partial charge in [0, 0.05) is 17.2 Å². The fraction of sp³-hybridized carbons (Fsp3) is 0.333. The van der Waals surface area contributed by atoms with Crippen molar-refractivity contribution in [3.05, 3.63) is 16.7 Å².